The summed E-state index contributed by atoms with van der Waals surface area (Å²) in [7, 11) is -3.38. The Bertz CT molecular complexity index is 1010. The van der Waals surface area contributed by atoms with Gasteiger partial charge < -0.3 is 4.98 Å². The van der Waals surface area contributed by atoms with Gasteiger partial charge in [-0.3, -0.25) is 4.57 Å². The number of para-hydroxylation sites is 2. The molecule has 0 fully saturated rings. The first-order chi connectivity index (χ1) is 11.0. The summed E-state index contributed by atoms with van der Waals surface area (Å²) < 4.78 is 26.9. The highest BCUT2D eigenvalue weighted by molar-refractivity contribution is 9.10. The third-order valence-electron chi connectivity index (χ3n) is 3.65. The van der Waals surface area contributed by atoms with E-state index in [-0.39, 0.29) is 16.3 Å². The molecule has 0 aliphatic carbocycles. The Kier molecular flexibility index (Phi) is 4.41. The fourth-order valence-corrected chi connectivity index (χ4v) is 4.95. The second-order valence-corrected chi connectivity index (χ2v) is 8.13. The molecule has 1 heterocycles. The van der Waals surface area contributed by atoms with E-state index in [9.17, 15) is 13.2 Å². The predicted molar refractivity (Wildman–Crippen MR) is 93.4 cm³/mol. The molecule has 0 atom stereocenters. The Hall–Kier alpha value is -1.86. The number of hydrogen-bond acceptors (Lipinski definition) is 3. The molecule has 0 radical (unpaired) electrons. The van der Waals surface area contributed by atoms with Crippen molar-refractivity contribution in [2.24, 2.45) is 0 Å². The monoisotopic (exact) mass is 394 g/mol. The SMILES string of the molecule is O=c1[nH]c2ccccc2n1CCCS(=O)(=O)c1ccccc1Br. The molecular weight excluding hydrogens is 380 g/mol. The average molecular weight is 395 g/mol. The zero-order chi connectivity index (χ0) is 16.4. The molecule has 0 aliphatic heterocycles. The largest absolute Gasteiger partial charge is 0.326 e. The molecule has 0 aliphatic rings. The maximum Gasteiger partial charge on any atom is 0.326 e. The van der Waals surface area contributed by atoms with Crippen LogP contribution in [0.25, 0.3) is 11.0 Å². The number of rotatable bonds is 5. The summed E-state index contributed by atoms with van der Waals surface area (Å²) in [6.45, 7) is 0.354. The van der Waals surface area contributed by atoms with E-state index in [4.69, 9.17) is 0 Å². The normalized spacial score (nSPS) is 11.9. The molecule has 0 spiro atoms. The van der Waals surface area contributed by atoms with Gasteiger partial charge in [0.25, 0.3) is 0 Å². The van der Waals surface area contributed by atoms with Crippen molar-refractivity contribution in [2.45, 2.75) is 17.9 Å². The lowest BCUT2D eigenvalue weighted by Gasteiger charge is -2.07. The molecule has 0 unspecified atom stereocenters. The first-order valence-electron chi connectivity index (χ1n) is 7.14. The summed E-state index contributed by atoms with van der Waals surface area (Å²) in [6.07, 6.45) is 0.366. The number of benzene rings is 2. The third-order valence-corrected chi connectivity index (χ3v) is 6.45. The summed E-state index contributed by atoms with van der Waals surface area (Å²) in [5.41, 5.74) is 1.33. The van der Waals surface area contributed by atoms with Crippen LogP contribution in [0.2, 0.25) is 0 Å². The highest BCUT2D eigenvalue weighted by atomic mass is 79.9. The van der Waals surface area contributed by atoms with E-state index in [1.807, 2.05) is 24.3 Å². The zero-order valence-corrected chi connectivity index (χ0v) is 14.6. The standard InChI is InChI=1S/C16H15BrN2O3S/c17-12-6-1-4-9-15(12)23(21,22)11-5-10-19-14-8-3-2-7-13(14)18-16(19)20/h1-4,6-9H,5,10-11H2,(H,18,20). The van der Waals surface area contributed by atoms with Gasteiger partial charge in [0, 0.05) is 11.0 Å². The quantitative estimate of drug-likeness (QED) is 0.722. The lowest BCUT2D eigenvalue weighted by molar-refractivity contribution is 0.585. The smallest absolute Gasteiger partial charge is 0.306 e. The van der Waals surface area contributed by atoms with E-state index < -0.39 is 9.84 Å². The molecule has 0 saturated carbocycles. The molecule has 5 nitrogen and oxygen atoms in total. The number of imidazole rings is 1. The molecule has 2 aromatic carbocycles. The van der Waals surface area contributed by atoms with Crippen LogP contribution in [0.15, 0.2) is 62.7 Å². The summed E-state index contributed by atoms with van der Waals surface area (Å²) >= 11 is 3.27. The molecule has 0 amide bonds. The number of fused-ring (bicyclic) bond motifs is 1. The zero-order valence-electron chi connectivity index (χ0n) is 12.2. The second kappa shape index (κ2) is 6.33. The number of aryl methyl sites for hydroxylation is 1. The van der Waals surface area contributed by atoms with Crippen LogP contribution in [0.5, 0.6) is 0 Å². The van der Waals surface area contributed by atoms with Gasteiger partial charge in [-0.15, -0.1) is 0 Å². The topological polar surface area (TPSA) is 71.9 Å². The Morgan fingerprint density at radius 1 is 1.04 bits per heavy atom. The molecule has 0 bridgehead atoms. The molecule has 3 aromatic rings. The molecular formula is C16H15BrN2O3S. The molecule has 7 heteroatoms. The lowest BCUT2D eigenvalue weighted by Crippen LogP contribution is -2.19. The number of hydrogen-bond donors (Lipinski definition) is 1. The second-order valence-electron chi connectivity index (χ2n) is 5.20. The van der Waals surface area contributed by atoms with Crippen molar-refractivity contribution in [3.63, 3.8) is 0 Å². The number of aromatic amines is 1. The first-order valence-corrected chi connectivity index (χ1v) is 9.58. The number of H-pyrrole nitrogens is 1. The summed E-state index contributed by atoms with van der Waals surface area (Å²) in [4.78, 5) is 15.0. The van der Waals surface area contributed by atoms with E-state index in [0.717, 1.165) is 11.0 Å². The lowest BCUT2D eigenvalue weighted by atomic mass is 10.3. The van der Waals surface area contributed by atoms with Gasteiger partial charge in [-0.05, 0) is 46.6 Å². The maximum absolute atomic E-state index is 12.4. The van der Waals surface area contributed by atoms with Crippen LogP contribution in [0.1, 0.15) is 6.42 Å². The predicted octanol–water partition coefficient (Wildman–Crippen LogP) is 2.96. The van der Waals surface area contributed by atoms with Crippen molar-refractivity contribution in [1.82, 2.24) is 9.55 Å². The number of nitrogens with one attached hydrogen (secondary N) is 1. The Balaban J connectivity index is 1.78. The summed E-state index contributed by atoms with van der Waals surface area (Å²) in [6, 6.07) is 14.1. The Labute approximate surface area is 142 Å². The van der Waals surface area contributed by atoms with Crippen LogP contribution in [-0.2, 0) is 16.4 Å². The number of aromatic nitrogens is 2. The van der Waals surface area contributed by atoms with Gasteiger partial charge in [0.1, 0.15) is 0 Å². The van der Waals surface area contributed by atoms with Gasteiger partial charge in [-0.1, -0.05) is 24.3 Å². The average Bonchev–Trinajstić information content (AvgIpc) is 2.83. The Morgan fingerprint density at radius 3 is 2.52 bits per heavy atom. The van der Waals surface area contributed by atoms with Crippen LogP contribution >= 0.6 is 15.9 Å². The van der Waals surface area contributed by atoms with Gasteiger partial charge in [-0.25, -0.2) is 13.2 Å². The fraction of sp³-hybridized carbons (Fsp3) is 0.188. The van der Waals surface area contributed by atoms with Crippen molar-refractivity contribution >= 4 is 36.8 Å². The fourth-order valence-electron chi connectivity index (χ4n) is 2.55. The van der Waals surface area contributed by atoms with Crippen LogP contribution in [0.3, 0.4) is 0 Å². The van der Waals surface area contributed by atoms with E-state index >= 15 is 0 Å². The van der Waals surface area contributed by atoms with Crippen LogP contribution in [0, 0.1) is 0 Å². The molecule has 0 saturated heterocycles. The van der Waals surface area contributed by atoms with Crippen molar-refractivity contribution in [3.05, 3.63) is 63.5 Å². The van der Waals surface area contributed by atoms with Crippen LogP contribution < -0.4 is 5.69 Å². The summed E-state index contributed by atoms with van der Waals surface area (Å²) in [5, 5.41) is 0. The molecule has 23 heavy (non-hydrogen) atoms. The van der Waals surface area contributed by atoms with E-state index in [1.165, 1.54) is 0 Å². The number of halogens is 1. The van der Waals surface area contributed by atoms with Crippen molar-refractivity contribution in [1.29, 1.82) is 0 Å². The molecule has 1 N–H and O–H groups in total. The van der Waals surface area contributed by atoms with Crippen LogP contribution in [-0.4, -0.2) is 23.7 Å². The maximum atomic E-state index is 12.4. The minimum Gasteiger partial charge on any atom is -0.306 e. The van der Waals surface area contributed by atoms with Gasteiger partial charge in [-0.2, -0.15) is 0 Å². The van der Waals surface area contributed by atoms with E-state index in [1.54, 1.807) is 28.8 Å². The van der Waals surface area contributed by atoms with E-state index in [2.05, 4.69) is 20.9 Å². The number of nitrogens with zero attached hydrogens (tertiary/aromatic N) is 1. The highest BCUT2D eigenvalue weighted by Gasteiger charge is 2.17. The van der Waals surface area contributed by atoms with Gasteiger partial charge in [0.15, 0.2) is 9.84 Å². The van der Waals surface area contributed by atoms with Gasteiger partial charge in [0.2, 0.25) is 0 Å². The highest BCUT2D eigenvalue weighted by Crippen LogP contribution is 2.23. The first kappa shape index (κ1) is 16.0. The third kappa shape index (κ3) is 3.25. The van der Waals surface area contributed by atoms with Crippen molar-refractivity contribution in [2.75, 3.05) is 5.75 Å². The van der Waals surface area contributed by atoms with Gasteiger partial charge in [0.05, 0.1) is 21.7 Å². The van der Waals surface area contributed by atoms with Gasteiger partial charge >= 0.3 is 5.69 Å². The Morgan fingerprint density at radius 2 is 1.74 bits per heavy atom. The minimum atomic E-state index is -3.38. The number of sulfone groups is 1. The van der Waals surface area contributed by atoms with Crippen molar-refractivity contribution < 1.29 is 8.42 Å². The minimum absolute atomic E-state index is 0.0123. The molecule has 3 rings (SSSR count). The summed E-state index contributed by atoms with van der Waals surface area (Å²) in [5.74, 6) is -0.0123. The van der Waals surface area contributed by atoms with Crippen molar-refractivity contribution in [3.8, 4) is 0 Å². The van der Waals surface area contributed by atoms with Crippen LogP contribution in [0.4, 0.5) is 0 Å². The molecule has 120 valence electrons. The van der Waals surface area contributed by atoms with E-state index in [0.29, 0.717) is 17.4 Å². The molecule has 1 aromatic heterocycles.